The van der Waals surface area contributed by atoms with Crippen LogP contribution >= 0.6 is 0 Å². The molecule has 1 aliphatic carbocycles. The van der Waals surface area contributed by atoms with Crippen LogP contribution in [0.3, 0.4) is 0 Å². The van der Waals surface area contributed by atoms with Crippen LogP contribution < -0.4 is 0 Å². The predicted octanol–water partition coefficient (Wildman–Crippen LogP) is 3.95. The molecule has 60 valence electrons. The van der Waals surface area contributed by atoms with Crippen molar-refractivity contribution < 1.29 is 0 Å². The Hall–Kier alpha value is -0.520. The quantitative estimate of drug-likeness (QED) is 0.478. The average molecular weight is 140 g/mol. The van der Waals surface area contributed by atoms with E-state index in [0.29, 0.717) is 0 Å². The van der Waals surface area contributed by atoms with Gasteiger partial charge in [0.1, 0.15) is 0 Å². The van der Waals surface area contributed by atoms with E-state index >= 15 is 0 Å². The molecular weight excluding hydrogens is 120 g/mol. The van der Waals surface area contributed by atoms with Gasteiger partial charge in [-0.2, -0.15) is 0 Å². The zero-order valence-corrected chi connectivity index (χ0v) is 7.72. The summed E-state index contributed by atoms with van der Waals surface area (Å²) >= 11 is 0. The molecule has 0 aromatic rings. The van der Waals surface area contributed by atoms with Crippen molar-refractivity contribution in [1.82, 2.24) is 0 Å². The van der Waals surface area contributed by atoms with Gasteiger partial charge in [-0.1, -0.05) is 58.4 Å². The third-order valence-corrected chi connectivity index (χ3v) is 0.655. The van der Waals surface area contributed by atoms with Crippen molar-refractivity contribution >= 4 is 0 Å². The van der Waals surface area contributed by atoms with Crippen LogP contribution in [0.5, 0.6) is 0 Å². The van der Waals surface area contributed by atoms with Gasteiger partial charge in [0.25, 0.3) is 0 Å². The molecule has 0 heterocycles. The first-order valence-corrected chi connectivity index (χ1v) is 4.23. The second kappa shape index (κ2) is 15.8. The first-order chi connectivity index (χ1) is 4.91. The second-order valence-electron chi connectivity index (χ2n) is 1.80. The van der Waals surface area contributed by atoms with Crippen LogP contribution in [0, 0.1) is 0 Å². The highest BCUT2D eigenvalue weighted by Crippen LogP contribution is 1.93. The monoisotopic (exact) mass is 140 g/mol. The van der Waals surface area contributed by atoms with Gasteiger partial charge in [0.2, 0.25) is 0 Å². The van der Waals surface area contributed by atoms with Gasteiger partial charge >= 0.3 is 0 Å². The SMILES string of the molecule is C1=CCC=C1.CC.CCC. The highest BCUT2D eigenvalue weighted by atomic mass is 13.8. The lowest BCUT2D eigenvalue weighted by Crippen LogP contribution is -1.37. The Bertz CT molecular complexity index is 68.0. The van der Waals surface area contributed by atoms with E-state index in [1.54, 1.807) is 0 Å². The van der Waals surface area contributed by atoms with Crippen LogP contribution in [0.15, 0.2) is 24.3 Å². The lowest BCUT2D eigenvalue weighted by Gasteiger charge is -1.57. The standard InChI is InChI=1S/C5H6.C3H8.C2H6/c1-2-4-5-3-1;1-3-2;1-2/h1-4H,5H2;3H2,1-2H3;1-2H3. The van der Waals surface area contributed by atoms with Crippen LogP contribution in [-0.4, -0.2) is 0 Å². The molecule has 1 aliphatic rings. The molecule has 0 heteroatoms. The molecule has 0 aromatic carbocycles. The van der Waals surface area contributed by atoms with E-state index in [-0.39, 0.29) is 0 Å². The largest absolute Gasteiger partial charge is 0.0808 e. The Morgan fingerprint density at radius 1 is 1.00 bits per heavy atom. The maximum absolute atomic E-state index is 2.12. The van der Waals surface area contributed by atoms with Crippen molar-refractivity contribution in [2.45, 2.75) is 40.5 Å². The third-order valence-electron chi connectivity index (χ3n) is 0.655. The van der Waals surface area contributed by atoms with Crippen LogP contribution in [0.4, 0.5) is 0 Å². The Labute approximate surface area is 65.7 Å². The number of hydrogen-bond acceptors (Lipinski definition) is 0. The normalized spacial score (nSPS) is 11.2. The first kappa shape index (κ1) is 12.2. The summed E-state index contributed by atoms with van der Waals surface area (Å²) in [7, 11) is 0. The molecule has 0 unspecified atom stereocenters. The molecule has 1 rings (SSSR count). The number of allylic oxidation sites excluding steroid dienone is 4. The van der Waals surface area contributed by atoms with Crippen LogP contribution in [0.2, 0.25) is 0 Å². The van der Waals surface area contributed by atoms with Crippen molar-refractivity contribution in [3.8, 4) is 0 Å². The summed E-state index contributed by atoms with van der Waals surface area (Å²) < 4.78 is 0. The maximum atomic E-state index is 2.12. The van der Waals surface area contributed by atoms with E-state index in [9.17, 15) is 0 Å². The number of rotatable bonds is 0. The molecule has 0 fully saturated rings. The van der Waals surface area contributed by atoms with Crippen molar-refractivity contribution in [3.05, 3.63) is 24.3 Å². The molecule has 0 bridgehead atoms. The lowest BCUT2D eigenvalue weighted by molar-refractivity contribution is 1.09. The van der Waals surface area contributed by atoms with Gasteiger partial charge in [-0.25, -0.2) is 0 Å². The van der Waals surface area contributed by atoms with Crippen LogP contribution in [-0.2, 0) is 0 Å². The molecule has 0 spiro atoms. The summed E-state index contributed by atoms with van der Waals surface area (Å²) in [6, 6.07) is 0. The van der Waals surface area contributed by atoms with E-state index in [1.807, 2.05) is 13.8 Å². The fraction of sp³-hybridized carbons (Fsp3) is 0.600. The summed E-state index contributed by atoms with van der Waals surface area (Å²) in [5.41, 5.74) is 0. The van der Waals surface area contributed by atoms with E-state index < -0.39 is 0 Å². The van der Waals surface area contributed by atoms with E-state index in [0.717, 1.165) is 6.42 Å². The Morgan fingerprint density at radius 2 is 1.30 bits per heavy atom. The molecular formula is C10H20. The van der Waals surface area contributed by atoms with Crippen molar-refractivity contribution in [2.24, 2.45) is 0 Å². The minimum Gasteiger partial charge on any atom is -0.0808 e. The van der Waals surface area contributed by atoms with E-state index in [1.165, 1.54) is 6.42 Å². The molecule has 0 aromatic heterocycles. The van der Waals surface area contributed by atoms with Gasteiger partial charge in [0, 0.05) is 0 Å². The van der Waals surface area contributed by atoms with Crippen LogP contribution in [0.25, 0.3) is 0 Å². The van der Waals surface area contributed by atoms with Gasteiger partial charge in [-0.15, -0.1) is 0 Å². The molecule has 0 amide bonds. The topological polar surface area (TPSA) is 0 Å². The summed E-state index contributed by atoms with van der Waals surface area (Å²) in [5.74, 6) is 0. The van der Waals surface area contributed by atoms with Gasteiger partial charge in [0.15, 0.2) is 0 Å². The minimum atomic E-state index is 1.14. The smallest absolute Gasteiger partial charge is 0.0163 e. The van der Waals surface area contributed by atoms with Crippen molar-refractivity contribution in [2.75, 3.05) is 0 Å². The van der Waals surface area contributed by atoms with E-state index in [4.69, 9.17) is 0 Å². The van der Waals surface area contributed by atoms with E-state index in [2.05, 4.69) is 38.2 Å². The minimum absolute atomic E-state index is 1.14. The summed E-state index contributed by atoms with van der Waals surface area (Å²) in [6.07, 6.45) is 10.8. The average Bonchev–Trinajstić information content (AvgIpc) is 2.48. The molecule has 10 heavy (non-hydrogen) atoms. The van der Waals surface area contributed by atoms with Gasteiger partial charge in [-0.05, 0) is 6.42 Å². The fourth-order valence-electron chi connectivity index (χ4n) is 0.393. The Morgan fingerprint density at radius 3 is 1.40 bits per heavy atom. The summed E-state index contributed by atoms with van der Waals surface area (Å²) in [5, 5.41) is 0. The van der Waals surface area contributed by atoms with Gasteiger partial charge in [-0.3, -0.25) is 0 Å². The van der Waals surface area contributed by atoms with Crippen LogP contribution in [0.1, 0.15) is 40.5 Å². The fourth-order valence-corrected chi connectivity index (χ4v) is 0.393. The molecule has 0 saturated heterocycles. The zero-order chi connectivity index (χ0) is 8.24. The summed E-state index contributed by atoms with van der Waals surface area (Å²) in [4.78, 5) is 0. The zero-order valence-electron chi connectivity index (χ0n) is 7.72. The molecule has 0 aliphatic heterocycles. The molecule has 0 atom stereocenters. The van der Waals surface area contributed by atoms with Gasteiger partial charge in [0.05, 0.1) is 0 Å². The summed E-state index contributed by atoms with van der Waals surface area (Å²) in [6.45, 7) is 8.25. The highest BCUT2D eigenvalue weighted by molar-refractivity contribution is 5.11. The van der Waals surface area contributed by atoms with Crippen molar-refractivity contribution in [3.63, 3.8) is 0 Å². The molecule has 0 radical (unpaired) electrons. The second-order valence-corrected chi connectivity index (χ2v) is 1.80. The number of hydrogen-bond donors (Lipinski definition) is 0. The van der Waals surface area contributed by atoms with Crippen molar-refractivity contribution in [1.29, 1.82) is 0 Å². The molecule has 0 N–H and O–H groups in total. The Balaban J connectivity index is 0. The Kier molecular flexibility index (Phi) is 19.3. The molecule has 0 nitrogen and oxygen atoms in total. The first-order valence-electron chi connectivity index (χ1n) is 4.23. The molecule has 0 saturated carbocycles. The van der Waals surface area contributed by atoms with Gasteiger partial charge < -0.3 is 0 Å². The third kappa shape index (κ3) is 15.6. The maximum Gasteiger partial charge on any atom is -0.0163 e. The highest BCUT2D eigenvalue weighted by Gasteiger charge is 1.72. The predicted molar refractivity (Wildman–Crippen MR) is 50.2 cm³/mol. The lowest BCUT2D eigenvalue weighted by atomic mass is 10.5.